The van der Waals surface area contributed by atoms with Gasteiger partial charge < -0.3 is 4.74 Å². The van der Waals surface area contributed by atoms with Crippen molar-refractivity contribution in [2.24, 2.45) is 0 Å². The molecule has 0 fully saturated rings. The first-order valence-corrected chi connectivity index (χ1v) is 5.45. The molecule has 2 rings (SSSR count). The van der Waals surface area contributed by atoms with E-state index in [4.69, 9.17) is 9.57 Å². The standard InChI is InChI=1S/C12H15NO3/c1-2-15-12(14)13-8-7-10-5-3-4-6-11(10)9-16-13/h3-6H,2,7-9H2,1H3. The highest BCUT2D eigenvalue weighted by atomic mass is 16.7. The van der Waals surface area contributed by atoms with Gasteiger partial charge in [0.15, 0.2) is 0 Å². The molecule has 0 N–H and O–H groups in total. The molecule has 4 heteroatoms. The summed E-state index contributed by atoms with van der Waals surface area (Å²) in [6, 6.07) is 8.05. The second-order valence-electron chi connectivity index (χ2n) is 3.59. The van der Waals surface area contributed by atoms with Crippen LogP contribution in [0.25, 0.3) is 0 Å². The second kappa shape index (κ2) is 4.99. The molecular weight excluding hydrogens is 206 g/mol. The summed E-state index contributed by atoms with van der Waals surface area (Å²) in [7, 11) is 0. The summed E-state index contributed by atoms with van der Waals surface area (Å²) in [6.07, 6.45) is 0.393. The number of rotatable bonds is 1. The number of fused-ring (bicyclic) bond motifs is 1. The van der Waals surface area contributed by atoms with Crippen LogP contribution in [0.4, 0.5) is 4.79 Å². The lowest BCUT2D eigenvalue weighted by molar-refractivity contribution is -0.141. The van der Waals surface area contributed by atoms with Crippen molar-refractivity contribution in [1.29, 1.82) is 0 Å². The van der Waals surface area contributed by atoms with Crippen LogP contribution in [0.3, 0.4) is 0 Å². The highest BCUT2D eigenvalue weighted by Crippen LogP contribution is 2.16. The topological polar surface area (TPSA) is 38.8 Å². The SMILES string of the molecule is CCOC(=O)N1CCc2ccccc2CO1. The van der Waals surface area contributed by atoms with Gasteiger partial charge in [-0.15, -0.1) is 0 Å². The van der Waals surface area contributed by atoms with E-state index in [2.05, 4.69) is 6.07 Å². The average Bonchev–Trinajstić information content (AvgIpc) is 2.51. The highest BCUT2D eigenvalue weighted by molar-refractivity contribution is 5.66. The molecule has 1 aliphatic rings. The maximum Gasteiger partial charge on any atom is 0.433 e. The summed E-state index contributed by atoms with van der Waals surface area (Å²) in [5, 5.41) is 1.30. The first kappa shape index (κ1) is 11.0. The number of ether oxygens (including phenoxy) is 1. The van der Waals surface area contributed by atoms with Gasteiger partial charge in [0.2, 0.25) is 0 Å². The van der Waals surface area contributed by atoms with Crippen LogP contribution in [0.5, 0.6) is 0 Å². The van der Waals surface area contributed by atoms with E-state index in [9.17, 15) is 4.79 Å². The molecule has 0 saturated carbocycles. The van der Waals surface area contributed by atoms with Crippen molar-refractivity contribution in [2.45, 2.75) is 20.0 Å². The number of hydrogen-bond donors (Lipinski definition) is 0. The van der Waals surface area contributed by atoms with E-state index in [0.717, 1.165) is 12.0 Å². The minimum Gasteiger partial charge on any atom is -0.448 e. The Kier molecular flexibility index (Phi) is 3.41. The molecule has 0 unspecified atom stereocenters. The molecule has 1 aliphatic heterocycles. The molecule has 0 aromatic heterocycles. The molecular formula is C12H15NO3. The number of hydrogen-bond acceptors (Lipinski definition) is 3. The minimum atomic E-state index is -0.407. The Hall–Kier alpha value is -1.55. The fourth-order valence-electron chi connectivity index (χ4n) is 1.72. The predicted molar refractivity (Wildman–Crippen MR) is 58.7 cm³/mol. The fourth-order valence-corrected chi connectivity index (χ4v) is 1.72. The van der Waals surface area contributed by atoms with E-state index in [-0.39, 0.29) is 0 Å². The second-order valence-corrected chi connectivity index (χ2v) is 3.59. The normalized spacial score (nSPS) is 15.2. The zero-order valence-electron chi connectivity index (χ0n) is 9.31. The number of nitrogens with zero attached hydrogens (tertiary/aromatic N) is 1. The summed E-state index contributed by atoms with van der Waals surface area (Å²) in [6.45, 7) is 3.11. The van der Waals surface area contributed by atoms with Gasteiger partial charge in [0.1, 0.15) is 6.61 Å². The van der Waals surface area contributed by atoms with Crippen molar-refractivity contribution in [3.05, 3.63) is 35.4 Å². The molecule has 0 atom stereocenters. The van der Waals surface area contributed by atoms with Crippen molar-refractivity contribution in [3.63, 3.8) is 0 Å². The lowest BCUT2D eigenvalue weighted by Gasteiger charge is -2.17. The van der Waals surface area contributed by atoms with Crippen molar-refractivity contribution < 1.29 is 14.4 Å². The van der Waals surface area contributed by atoms with E-state index in [0.29, 0.717) is 19.8 Å². The van der Waals surface area contributed by atoms with Gasteiger partial charge in [0, 0.05) is 0 Å². The Bertz CT molecular complexity index is 351. The van der Waals surface area contributed by atoms with Gasteiger partial charge in [-0.25, -0.2) is 4.79 Å². The van der Waals surface area contributed by atoms with E-state index >= 15 is 0 Å². The van der Waals surface area contributed by atoms with Gasteiger partial charge in [-0.3, -0.25) is 4.84 Å². The van der Waals surface area contributed by atoms with Crippen LogP contribution in [0.1, 0.15) is 18.1 Å². The van der Waals surface area contributed by atoms with Crippen LogP contribution >= 0.6 is 0 Å². The molecule has 1 aromatic carbocycles. The first-order valence-electron chi connectivity index (χ1n) is 5.45. The third-order valence-corrected chi connectivity index (χ3v) is 2.55. The monoisotopic (exact) mass is 221 g/mol. The summed E-state index contributed by atoms with van der Waals surface area (Å²) >= 11 is 0. The molecule has 0 spiro atoms. The first-order chi connectivity index (χ1) is 7.81. The largest absolute Gasteiger partial charge is 0.448 e. The van der Waals surface area contributed by atoms with E-state index in [1.165, 1.54) is 10.6 Å². The quantitative estimate of drug-likeness (QED) is 0.729. The van der Waals surface area contributed by atoms with Gasteiger partial charge in [0.05, 0.1) is 13.2 Å². The molecule has 4 nitrogen and oxygen atoms in total. The number of hydroxylamine groups is 2. The Morgan fingerprint density at radius 3 is 2.94 bits per heavy atom. The molecule has 1 heterocycles. The molecule has 0 bridgehead atoms. The lowest BCUT2D eigenvalue weighted by Crippen LogP contribution is -2.32. The van der Waals surface area contributed by atoms with Crippen LogP contribution in [0, 0.1) is 0 Å². The van der Waals surface area contributed by atoms with Crippen LogP contribution in [0.2, 0.25) is 0 Å². The molecule has 0 aliphatic carbocycles. The zero-order valence-corrected chi connectivity index (χ0v) is 9.31. The molecule has 1 aromatic rings. The molecule has 86 valence electrons. The van der Waals surface area contributed by atoms with Gasteiger partial charge in [-0.05, 0) is 24.5 Å². The highest BCUT2D eigenvalue weighted by Gasteiger charge is 2.19. The fraction of sp³-hybridized carbons (Fsp3) is 0.417. The van der Waals surface area contributed by atoms with Crippen LogP contribution in [-0.2, 0) is 22.6 Å². The maximum absolute atomic E-state index is 11.5. The Morgan fingerprint density at radius 1 is 1.44 bits per heavy atom. The van der Waals surface area contributed by atoms with E-state index in [1.54, 1.807) is 6.92 Å². The van der Waals surface area contributed by atoms with E-state index in [1.807, 2.05) is 18.2 Å². The Balaban J connectivity index is 2.04. The van der Waals surface area contributed by atoms with Gasteiger partial charge in [-0.2, -0.15) is 5.06 Å². The number of carbonyl (C=O) groups is 1. The van der Waals surface area contributed by atoms with E-state index < -0.39 is 6.09 Å². The van der Waals surface area contributed by atoms with Crippen LogP contribution in [-0.4, -0.2) is 24.3 Å². The Labute approximate surface area is 94.7 Å². The van der Waals surface area contributed by atoms with Crippen LogP contribution in [0.15, 0.2) is 24.3 Å². The Morgan fingerprint density at radius 2 is 2.19 bits per heavy atom. The van der Waals surface area contributed by atoms with Gasteiger partial charge in [-0.1, -0.05) is 24.3 Å². The van der Waals surface area contributed by atoms with Crippen molar-refractivity contribution >= 4 is 6.09 Å². The summed E-state index contributed by atoms with van der Waals surface area (Å²) in [5.41, 5.74) is 2.36. The number of benzene rings is 1. The van der Waals surface area contributed by atoms with Crippen molar-refractivity contribution in [3.8, 4) is 0 Å². The average molecular weight is 221 g/mol. The number of amides is 1. The smallest absolute Gasteiger partial charge is 0.433 e. The minimum absolute atomic E-state index is 0.367. The van der Waals surface area contributed by atoms with Gasteiger partial charge in [0.25, 0.3) is 0 Å². The molecule has 0 saturated heterocycles. The molecule has 1 amide bonds. The molecule has 16 heavy (non-hydrogen) atoms. The molecule has 0 radical (unpaired) electrons. The zero-order chi connectivity index (χ0) is 11.4. The summed E-state index contributed by atoms with van der Waals surface area (Å²) < 4.78 is 4.90. The van der Waals surface area contributed by atoms with Gasteiger partial charge >= 0.3 is 6.09 Å². The van der Waals surface area contributed by atoms with Crippen LogP contribution < -0.4 is 0 Å². The predicted octanol–water partition coefficient (Wildman–Crippen LogP) is 2.13. The summed E-state index contributed by atoms with van der Waals surface area (Å²) in [4.78, 5) is 16.9. The third-order valence-electron chi connectivity index (χ3n) is 2.55. The third kappa shape index (κ3) is 2.33. The maximum atomic E-state index is 11.5. The lowest BCUT2D eigenvalue weighted by atomic mass is 10.1. The van der Waals surface area contributed by atoms with Crippen molar-refractivity contribution in [1.82, 2.24) is 5.06 Å². The van der Waals surface area contributed by atoms with Crippen molar-refractivity contribution in [2.75, 3.05) is 13.2 Å². The summed E-state index contributed by atoms with van der Waals surface area (Å²) in [5.74, 6) is 0. The number of carbonyl (C=O) groups excluding carboxylic acids is 1.